The van der Waals surface area contributed by atoms with Gasteiger partial charge in [-0.2, -0.15) is 0 Å². The number of nitrogens with zero attached hydrogens (tertiary/aromatic N) is 1. The molecule has 0 aromatic heterocycles. The third kappa shape index (κ3) is 4.04. The Hall–Kier alpha value is -0.890. The third-order valence-corrected chi connectivity index (χ3v) is 1.78. The molecule has 0 aliphatic carbocycles. The summed E-state index contributed by atoms with van der Waals surface area (Å²) in [6.07, 6.45) is 2.52. The monoisotopic (exact) mass is 199 g/mol. The molecule has 0 spiro atoms. The molecule has 0 saturated heterocycles. The molecule has 1 aromatic carbocycles. The summed E-state index contributed by atoms with van der Waals surface area (Å²) in [6, 6.07) is 6.34. The second-order valence-corrected chi connectivity index (χ2v) is 3.01. The lowest BCUT2D eigenvalue weighted by atomic mass is 10.2. The van der Waals surface area contributed by atoms with E-state index in [1.807, 2.05) is 6.07 Å². The fourth-order valence-electron chi connectivity index (χ4n) is 0.908. The minimum Gasteiger partial charge on any atom is -0.293 e. The van der Waals surface area contributed by atoms with E-state index in [0.717, 1.165) is 12.0 Å². The van der Waals surface area contributed by atoms with Crippen LogP contribution >= 0.6 is 11.6 Å². The van der Waals surface area contributed by atoms with Crippen LogP contribution in [0.5, 0.6) is 0 Å². The van der Waals surface area contributed by atoms with Gasteiger partial charge in [0.2, 0.25) is 0 Å². The summed E-state index contributed by atoms with van der Waals surface area (Å²) in [5.74, 6) is 0.377. The fraction of sp³-hybridized carbons (Fsp3) is 0.300. The molecule has 0 bridgehead atoms. The van der Waals surface area contributed by atoms with Crippen molar-refractivity contribution in [3.05, 3.63) is 35.6 Å². The van der Waals surface area contributed by atoms with E-state index >= 15 is 0 Å². The summed E-state index contributed by atoms with van der Waals surface area (Å²) >= 11 is 5.47. The van der Waals surface area contributed by atoms with Gasteiger partial charge in [-0.15, -0.1) is 11.6 Å². The Kier molecular flexibility index (Phi) is 4.47. The van der Waals surface area contributed by atoms with Gasteiger partial charge in [-0.05, 0) is 24.1 Å². The van der Waals surface area contributed by atoms with E-state index in [2.05, 4.69) is 4.99 Å². The van der Waals surface area contributed by atoms with Gasteiger partial charge >= 0.3 is 0 Å². The number of hydrogen-bond acceptors (Lipinski definition) is 1. The number of benzene rings is 1. The van der Waals surface area contributed by atoms with Gasteiger partial charge < -0.3 is 0 Å². The number of rotatable bonds is 4. The molecular weight excluding hydrogens is 189 g/mol. The molecule has 3 heteroatoms. The average Bonchev–Trinajstić information content (AvgIpc) is 2.13. The molecule has 0 fully saturated rings. The highest BCUT2D eigenvalue weighted by molar-refractivity contribution is 6.17. The van der Waals surface area contributed by atoms with Crippen LogP contribution in [0.1, 0.15) is 12.0 Å². The smallest absolute Gasteiger partial charge is 0.123 e. The van der Waals surface area contributed by atoms with Crippen LogP contribution in [-0.2, 0) is 0 Å². The van der Waals surface area contributed by atoms with E-state index in [9.17, 15) is 4.39 Å². The van der Waals surface area contributed by atoms with E-state index < -0.39 is 0 Å². The molecule has 0 aliphatic heterocycles. The summed E-state index contributed by atoms with van der Waals surface area (Å²) in [4.78, 5) is 4.10. The maximum Gasteiger partial charge on any atom is 0.123 e. The maximum absolute atomic E-state index is 12.7. The Morgan fingerprint density at radius 3 is 3.00 bits per heavy atom. The van der Waals surface area contributed by atoms with E-state index in [0.29, 0.717) is 12.4 Å². The first-order valence-electron chi connectivity index (χ1n) is 4.14. The van der Waals surface area contributed by atoms with Crippen LogP contribution in [0.3, 0.4) is 0 Å². The minimum absolute atomic E-state index is 0.235. The second kappa shape index (κ2) is 5.70. The van der Waals surface area contributed by atoms with Gasteiger partial charge in [-0.3, -0.25) is 4.99 Å². The first kappa shape index (κ1) is 10.2. The summed E-state index contributed by atoms with van der Waals surface area (Å²) < 4.78 is 12.7. The molecule has 70 valence electrons. The van der Waals surface area contributed by atoms with Gasteiger partial charge in [0.15, 0.2) is 0 Å². The largest absolute Gasteiger partial charge is 0.293 e. The molecule has 1 rings (SSSR count). The van der Waals surface area contributed by atoms with Crippen LogP contribution in [0, 0.1) is 5.82 Å². The Balaban J connectivity index is 2.48. The fourth-order valence-corrected chi connectivity index (χ4v) is 1.03. The Labute approximate surface area is 82.3 Å². The van der Waals surface area contributed by atoms with Crippen molar-refractivity contribution in [1.82, 2.24) is 0 Å². The summed E-state index contributed by atoms with van der Waals surface area (Å²) in [5, 5.41) is 0. The second-order valence-electron chi connectivity index (χ2n) is 2.63. The van der Waals surface area contributed by atoms with E-state index in [1.165, 1.54) is 12.1 Å². The van der Waals surface area contributed by atoms with Crippen LogP contribution in [0.25, 0.3) is 0 Å². The SMILES string of the molecule is Fc1cccc(/C=N\CCCCl)c1. The van der Waals surface area contributed by atoms with Gasteiger partial charge in [0.25, 0.3) is 0 Å². The molecule has 0 atom stereocenters. The number of hydrogen-bond donors (Lipinski definition) is 0. The molecule has 0 unspecified atom stereocenters. The molecule has 0 heterocycles. The lowest BCUT2D eigenvalue weighted by Crippen LogP contribution is -1.86. The van der Waals surface area contributed by atoms with Gasteiger partial charge in [-0.1, -0.05) is 12.1 Å². The predicted molar refractivity (Wildman–Crippen MR) is 54.2 cm³/mol. The zero-order chi connectivity index (χ0) is 9.52. The maximum atomic E-state index is 12.7. The van der Waals surface area contributed by atoms with Crippen LogP contribution in [0.2, 0.25) is 0 Å². The Morgan fingerprint density at radius 1 is 1.46 bits per heavy atom. The zero-order valence-corrected chi connectivity index (χ0v) is 7.97. The molecular formula is C10H11ClFN. The Morgan fingerprint density at radius 2 is 2.31 bits per heavy atom. The van der Waals surface area contributed by atoms with Gasteiger partial charge in [0.1, 0.15) is 5.82 Å². The van der Waals surface area contributed by atoms with Crippen LogP contribution < -0.4 is 0 Å². The molecule has 1 nitrogen and oxygen atoms in total. The molecule has 0 amide bonds. The topological polar surface area (TPSA) is 12.4 Å². The van der Waals surface area contributed by atoms with Crippen molar-refractivity contribution < 1.29 is 4.39 Å². The molecule has 0 aliphatic rings. The lowest BCUT2D eigenvalue weighted by molar-refractivity contribution is 0.627. The first-order valence-corrected chi connectivity index (χ1v) is 4.68. The van der Waals surface area contributed by atoms with Gasteiger partial charge in [0, 0.05) is 18.6 Å². The minimum atomic E-state index is -0.235. The van der Waals surface area contributed by atoms with Crippen molar-refractivity contribution in [2.75, 3.05) is 12.4 Å². The third-order valence-electron chi connectivity index (χ3n) is 1.51. The zero-order valence-electron chi connectivity index (χ0n) is 7.21. The molecule has 0 saturated carbocycles. The molecule has 0 radical (unpaired) electrons. The van der Waals surface area contributed by atoms with Crippen molar-refractivity contribution >= 4 is 17.8 Å². The highest BCUT2D eigenvalue weighted by Gasteiger charge is 1.89. The van der Waals surface area contributed by atoms with Crippen molar-refractivity contribution in [2.24, 2.45) is 4.99 Å². The number of aliphatic imine (C=N–C) groups is 1. The lowest BCUT2D eigenvalue weighted by Gasteiger charge is -1.92. The van der Waals surface area contributed by atoms with E-state index in [-0.39, 0.29) is 5.82 Å². The first-order chi connectivity index (χ1) is 6.33. The van der Waals surface area contributed by atoms with E-state index in [4.69, 9.17) is 11.6 Å². The van der Waals surface area contributed by atoms with Crippen LogP contribution in [0.4, 0.5) is 4.39 Å². The quantitative estimate of drug-likeness (QED) is 0.402. The van der Waals surface area contributed by atoms with Crippen LogP contribution in [-0.4, -0.2) is 18.6 Å². The summed E-state index contributed by atoms with van der Waals surface area (Å²) in [5.41, 5.74) is 0.787. The van der Waals surface area contributed by atoms with Crippen molar-refractivity contribution in [3.63, 3.8) is 0 Å². The normalized spacial score (nSPS) is 10.9. The highest BCUT2D eigenvalue weighted by atomic mass is 35.5. The Bertz CT molecular complexity index is 286. The van der Waals surface area contributed by atoms with Crippen molar-refractivity contribution in [1.29, 1.82) is 0 Å². The average molecular weight is 200 g/mol. The summed E-state index contributed by atoms with van der Waals surface area (Å²) in [6.45, 7) is 0.694. The summed E-state index contributed by atoms with van der Waals surface area (Å²) in [7, 11) is 0. The number of halogens is 2. The number of alkyl halides is 1. The predicted octanol–water partition coefficient (Wildman–Crippen LogP) is 2.87. The van der Waals surface area contributed by atoms with Crippen molar-refractivity contribution in [3.8, 4) is 0 Å². The van der Waals surface area contributed by atoms with Crippen molar-refractivity contribution in [2.45, 2.75) is 6.42 Å². The molecule has 13 heavy (non-hydrogen) atoms. The highest BCUT2D eigenvalue weighted by Crippen LogP contribution is 2.00. The van der Waals surface area contributed by atoms with E-state index in [1.54, 1.807) is 12.3 Å². The standard InChI is InChI=1S/C10H11ClFN/c11-5-2-6-13-8-9-3-1-4-10(12)7-9/h1,3-4,7-8H,2,5-6H2/b13-8-. The molecule has 1 aromatic rings. The molecule has 0 N–H and O–H groups in total. The van der Waals surface area contributed by atoms with Gasteiger partial charge in [0.05, 0.1) is 0 Å². The van der Waals surface area contributed by atoms with Gasteiger partial charge in [-0.25, -0.2) is 4.39 Å². The van der Waals surface area contributed by atoms with Crippen LogP contribution in [0.15, 0.2) is 29.3 Å².